The zero-order valence-corrected chi connectivity index (χ0v) is 16.9. The molecule has 2 amide bonds. The van der Waals surface area contributed by atoms with Gasteiger partial charge in [-0.25, -0.2) is 4.79 Å². The summed E-state index contributed by atoms with van der Waals surface area (Å²) in [4.78, 5) is 18.5. The van der Waals surface area contributed by atoms with Crippen LogP contribution >= 0.6 is 0 Å². The van der Waals surface area contributed by atoms with Crippen LogP contribution in [0.1, 0.15) is 42.3 Å². The average Bonchev–Trinajstić information content (AvgIpc) is 3.05. The fourth-order valence-corrected chi connectivity index (χ4v) is 4.04. The van der Waals surface area contributed by atoms with E-state index in [1.54, 1.807) is 7.11 Å². The number of H-pyrrole nitrogens is 1. The number of fused-ring (bicyclic) bond motifs is 3. The van der Waals surface area contributed by atoms with Crippen LogP contribution < -0.4 is 10.1 Å². The monoisotopic (exact) mass is 377 g/mol. The number of nitrogens with zero attached hydrogens (tertiary/aromatic N) is 1. The molecule has 2 heterocycles. The van der Waals surface area contributed by atoms with Crippen molar-refractivity contribution < 1.29 is 9.53 Å². The number of benzene rings is 2. The van der Waals surface area contributed by atoms with Crippen LogP contribution in [0.15, 0.2) is 42.5 Å². The van der Waals surface area contributed by atoms with Gasteiger partial charge < -0.3 is 19.9 Å². The van der Waals surface area contributed by atoms with Crippen molar-refractivity contribution in [2.24, 2.45) is 0 Å². The lowest BCUT2D eigenvalue weighted by molar-refractivity contribution is 0.177. The van der Waals surface area contributed by atoms with Gasteiger partial charge in [0.2, 0.25) is 0 Å². The molecule has 0 saturated carbocycles. The highest BCUT2D eigenvalue weighted by atomic mass is 16.5. The summed E-state index contributed by atoms with van der Waals surface area (Å²) < 4.78 is 5.42. The van der Waals surface area contributed by atoms with Gasteiger partial charge in [-0.3, -0.25) is 0 Å². The lowest BCUT2D eigenvalue weighted by Gasteiger charge is -2.36. The predicted octanol–water partition coefficient (Wildman–Crippen LogP) is 4.55. The highest BCUT2D eigenvalue weighted by molar-refractivity contribution is 5.87. The molecular weight excluding hydrogens is 350 g/mol. The van der Waals surface area contributed by atoms with Crippen molar-refractivity contribution >= 4 is 16.9 Å². The molecule has 2 aromatic carbocycles. The fourth-order valence-electron chi connectivity index (χ4n) is 4.04. The Balaban J connectivity index is 1.85. The maximum absolute atomic E-state index is 13.0. The van der Waals surface area contributed by atoms with E-state index in [2.05, 4.69) is 53.6 Å². The number of urea groups is 1. The molecule has 1 aliphatic heterocycles. The van der Waals surface area contributed by atoms with Gasteiger partial charge in [-0.1, -0.05) is 29.8 Å². The summed E-state index contributed by atoms with van der Waals surface area (Å²) in [6, 6.07) is 14.5. The Bertz CT molecular complexity index is 1000. The van der Waals surface area contributed by atoms with Crippen LogP contribution in [0.2, 0.25) is 0 Å². The third kappa shape index (κ3) is 3.21. The minimum Gasteiger partial charge on any atom is -0.497 e. The minimum atomic E-state index is -0.138. The minimum absolute atomic E-state index is 0.0255. The summed E-state index contributed by atoms with van der Waals surface area (Å²) in [5, 5.41) is 4.24. The van der Waals surface area contributed by atoms with Crippen LogP contribution in [0.4, 0.5) is 4.79 Å². The quantitative estimate of drug-likeness (QED) is 0.703. The molecule has 0 fully saturated rings. The van der Waals surface area contributed by atoms with Crippen molar-refractivity contribution in [3.8, 4) is 5.75 Å². The molecule has 0 radical (unpaired) electrons. The Morgan fingerprint density at radius 2 is 1.96 bits per heavy atom. The SMILES string of the molecule is COc1ccc2[nH]c3c(c2c1)CCN(C(=O)NC(C)C)C3c1ccc(C)cc1. The van der Waals surface area contributed by atoms with Crippen molar-refractivity contribution in [3.63, 3.8) is 0 Å². The Labute approximate surface area is 165 Å². The van der Waals surface area contributed by atoms with Crippen LogP contribution in [-0.4, -0.2) is 35.6 Å². The van der Waals surface area contributed by atoms with E-state index >= 15 is 0 Å². The number of aryl methyl sites for hydroxylation is 1. The van der Waals surface area contributed by atoms with E-state index in [4.69, 9.17) is 4.74 Å². The number of carbonyl (C=O) groups is 1. The Morgan fingerprint density at radius 3 is 2.64 bits per heavy atom. The van der Waals surface area contributed by atoms with Crippen molar-refractivity contribution in [2.45, 2.75) is 39.3 Å². The summed E-state index contributed by atoms with van der Waals surface area (Å²) in [6.45, 7) is 6.73. The largest absolute Gasteiger partial charge is 0.497 e. The number of nitrogens with one attached hydrogen (secondary N) is 2. The molecule has 0 spiro atoms. The van der Waals surface area contributed by atoms with E-state index in [9.17, 15) is 4.79 Å². The zero-order valence-electron chi connectivity index (χ0n) is 16.9. The molecule has 1 unspecified atom stereocenters. The van der Waals surface area contributed by atoms with Gasteiger partial charge in [-0.15, -0.1) is 0 Å². The molecular formula is C23H27N3O2. The molecule has 0 aliphatic carbocycles. The number of ether oxygens (including phenoxy) is 1. The first kappa shape index (κ1) is 18.4. The predicted molar refractivity (Wildman–Crippen MR) is 112 cm³/mol. The van der Waals surface area contributed by atoms with Gasteiger partial charge >= 0.3 is 6.03 Å². The lowest BCUT2D eigenvalue weighted by Crippen LogP contribution is -2.47. The van der Waals surface area contributed by atoms with Crippen molar-refractivity contribution in [2.75, 3.05) is 13.7 Å². The molecule has 3 aromatic rings. The number of aromatic amines is 1. The van der Waals surface area contributed by atoms with Crippen molar-refractivity contribution in [3.05, 3.63) is 64.8 Å². The maximum atomic E-state index is 13.0. The molecule has 0 saturated heterocycles. The van der Waals surface area contributed by atoms with Gasteiger partial charge in [0, 0.05) is 29.2 Å². The summed E-state index contributed by atoms with van der Waals surface area (Å²) in [5.41, 5.74) is 5.77. The number of methoxy groups -OCH3 is 1. The molecule has 2 N–H and O–H groups in total. The first-order valence-electron chi connectivity index (χ1n) is 9.80. The molecule has 1 atom stereocenters. The van der Waals surface area contributed by atoms with Crippen LogP contribution in [0.3, 0.4) is 0 Å². The second kappa shape index (κ2) is 7.23. The number of amides is 2. The standard InChI is InChI=1S/C23H27N3O2/c1-14(2)24-23(27)26-12-11-18-19-13-17(28-4)9-10-20(19)25-21(18)22(26)16-7-5-15(3)6-8-16/h5-10,13-14,22,25H,11-12H2,1-4H3,(H,24,27). The summed E-state index contributed by atoms with van der Waals surface area (Å²) in [5.74, 6) is 0.848. The van der Waals surface area contributed by atoms with E-state index in [-0.39, 0.29) is 18.1 Å². The number of hydrogen-bond donors (Lipinski definition) is 2. The first-order valence-corrected chi connectivity index (χ1v) is 9.80. The molecule has 28 heavy (non-hydrogen) atoms. The van der Waals surface area contributed by atoms with E-state index in [0.717, 1.165) is 28.9 Å². The molecule has 0 bridgehead atoms. The zero-order chi connectivity index (χ0) is 19.8. The maximum Gasteiger partial charge on any atom is 0.318 e. The third-order valence-electron chi connectivity index (χ3n) is 5.40. The number of carbonyl (C=O) groups excluding carboxylic acids is 1. The van der Waals surface area contributed by atoms with Crippen molar-refractivity contribution in [1.82, 2.24) is 15.2 Å². The van der Waals surface area contributed by atoms with Gasteiger partial charge in [-0.05, 0) is 56.5 Å². The Hall–Kier alpha value is -2.95. The van der Waals surface area contributed by atoms with Gasteiger partial charge in [0.25, 0.3) is 0 Å². The number of aromatic nitrogens is 1. The van der Waals surface area contributed by atoms with E-state index < -0.39 is 0 Å². The summed E-state index contributed by atoms with van der Waals surface area (Å²) in [7, 11) is 1.69. The van der Waals surface area contributed by atoms with Gasteiger partial charge in [0.05, 0.1) is 13.2 Å². The van der Waals surface area contributed by atoms with Gasteiger partial charge in [-0.2, -0.15) is 0 Å². The molecule has 4 rings (SSSR count). The number of rotatable bonds is 3. The highest BCUT2D eigenvalue weighted by Crippen LogP contribution is 2.39. The molecule has 1 aromatic heterocycles. The Morgan fingerprint density at radius 1 is 1.21 bits per heavy atom. The second-order valence-corrected chi connectivity index (χ2v) is 7.79. The second-order valence-electron chi connectivity index (χ2n) is 7.79. The van der Waals surface area contributed by atoms with Crippen molar-refractivity contribution in [1.29, 1.82) is 0 Å². The normalized spacial score (nSPS) is 16.3. The molecule has 5 heteroatoms. The van der Waals surface area contributed by atoms with E-state index in [1.807, 2.05) is 24.8 Å². The highest BCUT2D eigenvalue weighted by Gasteiger charge is 2.34. The number of hydrogen-bond acceptors (Lipinski definition) is 2. The third-order valence-corrected chi connectivity index (χ3v) is 5.40. The van der Waals surface area contributed by atoms with E-state index in [1.165, 1.54) is 16.5 Å². The Kier molecular flexibility index (Phi) is 4.75. The average molecular weight is 377 g/mol. The van der Waals surface area contributed by atoms with Crippen LogP contribution in [0.25, 0.3) is 10.9 Å². The summed E-state index contributed by atoms with van der Waals surface area (Å²) in [6.07, 6.45) is 0.816. The fraction of sp³-hybridized carbons (Fsp3) is 0.348. The lowest BCUT2D eigenvalue weighted by atomic mass is 9.92. The molecule has 146 valence electrons. The van der Waals surface area contributed by atoms with Gasteiger partial charge in [0.15, 0.2) is 0 Å². The smallest absolute Gasteiger partial charge is 0.318 e. The topological polar surface area (TPSA) is 57.4 Å². The molecule has 1 aliphatic rings. The van der Waals surface area contributed by atoms with Gasteiger partial charge in [0.1, 0.15) is 5.75 Å². The van der Waals surface area contributed by atoms with Crippen LogP contribution in [0, 0.1) is 6.92 Å². The van der Waals surface area contributed by atoms with E-state index in [0.29, 0.717) is 6.54 Å². The van der Waals surface area contributed by atoms with Crippen LogP contribution in [-0.2, 0) is 6.42 Å². The molecule has 5 nitrogen and oxygen atoms in total. The summed E-state index contributed by atoms with van der Waals surface area (Å²) >= 11 is 0. The first-order chi connectivity index (χ1) is 13.5. The van der Waals surface area contributed by atoms with Crippen LogP contribution in [0.5, 0.6) is 5.75 Å².